The van der Waals surface area contributed by atoms with E-state index in [0.29, 0.717) is 0 Å². The molecule has 0 spiro atoms. The number of hydrogen-bond donors (Lipinski definition) is 2. The summed E-state index contributed by atoms with van der Waals surface area (Å²) in [7, 11) is 0. The van der Waals surface area contributed by atoms with Crippen LogP contribution in [0.5, 0.6) is 0 Å². The maximum Gasteiger partial charge on any atom is 0.433 e. The Bertz CT molecular complexity index is 561. The molecule has 16 heavy (non-hydrogen) atoms. The molecule has 2 heterocycles. The molecule has 0 aliphatic heterocycles. The molecular formula is C8H4F3N3O2. The number of H-pyrrole nitrogens is 1. The minimum absolute atomic E-state index is 0.169. The average molecular weight is 231 g/mol. The Labute approximate surface area is 85.9 Å². The van der Waals surface area contributed by atoms with Crippen molar-refractivity contribution in [2.75, 3.05) is 0 Å². The highest BCUT2D eigenvalue weighted by Crippen LogP contribution is 2.32. The molecule has 0 aromatic carbocycles. The van der Waals surface area contributed by atoms with E-state index in [-0.39, 0.29) is 16.6 Å². The lowest BCUT2D eigenvalue weighted by atomic mass is 10.2. The topological polar surface area (TPSA) is 78.9 Å². The maximum atomic E-state index is 12.4. The van der Waals surface area contributed by atoms with E-state index in [9.17, 15) is 18.0 Å². The van der Waals surface area contributed by atoms with Gasteiger partial charge >= 0.3 is 12.1 Å². The van der Waals surface area contributed by atoms with Crippen molar-refractivity contribution in [3.8, 4) is 0 Å². The Morgan fingerprint density at radius 2 is 2.12 bits per heavy atom. The summed E-state index contributed by atoms with van der Waals surface area (Å²) in [6.07, 6.45) is -3.67. The molecule has 0 aliphatic carbocycles. The Kier molecular flexibility index (Phi) is 2.07. The van der Waals surface area contributed by atoms with Gasteiger partial charge in [-0.15, -0.1) is 0 Å². The first-order chi connectivity index (χ1) is 7.39. The molecule has 84 valence electrons. The van der Waals surface area contributed by atoms with Gasteiger partial charge in [-0.25, -0.2) is 9.78 Å². The smallest absolute Gasteiger partial charge is 0.433 e. The molecule has 5 nitrogen and oxygen atoms in total. The number of nitrogens with zero attached hydrogens (tertiary/aromatic N) is 2. The van der Waals surface area contributed by atoms with Gasteiger partial charge in [-0.05, 0) is 6.07 Å². The highest BCUT2D eigenvalue weighted by Gasteiger charge is 2.35. The van der Waals surface area contributed by atoms with Crippen molar-refractivity contribution in [2.24, 2.45) is 0 Å². The highest BCUT2D eigenvalue weighted by molar-refractivity contribution is 5.92. The molecule has 0 bridgehead atoms. The van der Waals surface area contributed by atoms with E-state index >= 15 is 0 Å². The summed E-state index contributed by atoms with van der Waals surface area (Å²) in [5.74, 6) is -1.34. The van der Waals surface area contributed by atoms with Gasteiger partial charge in [0.2, 0.25) is 0 Å². The summed E-state index contributed by atoms with van der Waals surface area (Å²) in [5.41, 5.74) is -1.59. The molecule has 0 saturated heterocycles. The van der Waals surface area contributed by atoms with Gasteiger partial charge in [0.1, 0.15) is 5.69 Å². The van der Waals surface area contributed by atoms with Gasteiger partial charge in [-0.2, -0.15) is 18.3 Å². The number of carbonyl (C=O) groups is 1. The molecule has 0 unspecified atom stereocenters. The third-order valence-corrected chi connectivity index (χ3v) is 1.94. The number of pyridine rings is 1. The Morgan fingerprint density at radius 3 is 2.69 bits per heavy atom. The molecule has 0 radical (unpaired) electrons. The van der Waals surface area contributed by atoms with E-state index in [1.54, 1.807) is 5.10 Å². The number of aromatic carboxylic acids is 1. The molecule has 0 amide bonds. The van der Waals surface area contributed by atoms with Crippen LogP contribution in [0, 0.1) is 0 Å². The molecule has 0 atom stereocenters. The highest BCUT2D eigenvalue weighted by atomic mass is 19.4. The third kappa shape index (κ3) is 1.58. The van der Waals surface area contributed by atoms with Crippen molar-refractivity contribution in [1.29, 1.82) is 0 Å². The first-order valence-electron chi connectivity index (χ1n) is 4.04. The van der Waals surface area contributed by atoms with Crippen molar-refractivity contribution >= 4 is 17.0 Å². The van der Waals surface area contributed by atoms with Crippen molar-refractivity contribution < 1.29 is 23.1 Å². The molecule has 8 heteroatoms. The van der Waals surface area contributed by atoms with Crippen LogP contribution in [0.1, 0.15) is 16.1 Å². The summed E-state index contributed by atoms with van der Waals surface area (Å²) < 4.78 is 37.3. The minimum Gasteiger partial charge on any atom is -0.478 e. The molecule has 0 saturated carbocycles. The van der Waals surface area contributed by atoms with Crippen molar-refractivity contribution in [2.45, 2.75) is 6.18 Å². The van der Waals surface area contributed by atoms with E-state index < -0.39 is 17.8 Å². The molecule has 2 aromatic heterocycles. The standard InChI is InChI=1S/C8H4F3N3O2/c9-8(10,11)5-4-1-3(7(15)16)2-12-6(4)14-13-5/h1-2H,(H,15,16)(H,12,13,14). The lowest BCUT2D eigenvalue weighted by molar-refractivity contribution is -0.139. The number of fused-ring (bicyclic) bond motifs is 1. The molecule has 0 aliphatic rings. The van der Waals surface area contributed by atoms with Crippen LogP contribution in [-0.4, -0.2) is 26.3 Å². The van der Waals surface area contributed by atoms with Gasteiger partial charge in [0.05, 0.1) is 10.9 Å². The number of hydrogen-bond acceptors (Lipinski definition) is 3. The van der Waals surface area contributed by atoms with E-state index in [1.165, 1.54) is 0 Å². The van der Waals surface area contributed by atoms with E-state index in [1.807, 2.05) is 0 Å². The second-order valence-electron chi connectivity index (χ2n) is 3.00. The van der Waals surface area contributed by atoms with Gasteiger partial charge in [0, 0.05) is 6.20 Å². The summed E-state index contributed by atoms with van der Waals surface area (Å²) in [4.78, 5) is 14.1. The SMILES string of the molecule is O=C(O)c1cnc2n[nH]c(C(F)(F)F)c2c1. The summed E-state index contributed by atoms with van der Waals surface area (Å²) >= 11 is 0. The monoisotopic (exact) mass is 231 g/mol. The first kappa shape index (κ1) is 10.4. The minimum atomic E-state index is -4.62. The normalized spacial score (nSPS) is 11.9. The van der Waals surface area contributed by atoms with Crippen LogP contribution in [0.15, 0.2) is 12.3 Å². The van der Waals surface area contributed by atoms with Gasteiger partial charge in [0.25, 0.3) is 0 Å². The van der Waals surface area contributed by atoms with Crippen LogP contribution in [0.4, 0.5) is 13.2 Å². The van der Waals surface area contributed by atoms with Gasteiger partial charge in [-0.1, -0.05) is 0 Å². The van der Waals surface area contributed by atoms with Crippen LogP contribution in [0.2, 0.25) is 0 Å². The first-order valence-corrected chi connectivity index (χ1v) is 4.04. The van der Waals surface area contributed by atoms with E-state index in [0.717, 1.165) is 12.3 Å². The second-order valence-corrected chi connectivity index (χ2v) is 3.00. The van der Waals surface area contributed by atoms with E-state index in [2.05, 4.69) is 10.1 Å². The number of carboxylic acids is 1. The number of rotatable bonds is 1. The van der Waals surface area contributed by atoms with E-state index in [4.69, 9.17) is 5.11 Å². The molecule has 0 fully saturated rings. The van der Waals surface area contributed by atoms with Gasteiger partial charge < -0.3 is 5.11 Å². The predicted octanol–water partition coefficient (Wildman–Crippen LogP) is 1.67. The Morgan fingerprint density at radius 1 is 1.44 bits per heavy atom. The Balaban J connectivity index is 2.70. The van der Waals surface area contributed by atoms with Crippen LogP contribution in [0.3, 0.4) is 0 Å². The van der Waals surface area contributed by atoms with Crippen LogP contribution in [0.25, 0.3) is 11.0 Å². The van der Waals surface area contributed by atoms with Gasteiger partial charge in [0.15, 0.2) is 5.65 Å². The fraction of sp³-hybridized carbons (Fsp3) is 0.125. The number of aromatic amines is 1. The zero-order valence-electron chi connectivity index (χ0n) is 7.54. The number of alkyl halides is 3. The molecule has 2 N–H and O–H groups in total. The van der Waals surface area contributed by atoms with Crippen molar-refractivity contribution in [3.63, 3.8) is 0 Å². The van der Waals surface area contributed by atoms with Crippen LogP contribution < -0.4 is 0 Å². The largest absolute Gasteiger partial charge is 0.478 e. The molecular weight excluding hydrogens is 227 g/mol. The number of carboxylic acid groups (broad SMARTS) is 1. The quantitative estimate of drug-likeness (QED) is 0.782. The average Bonchev–Trinajstić information content (AvgIpc) is 2.58. The molecule has 2 rings (SSSR count). The number of nitrogens with one attached hydrogen (secondary N) is 1. The zero-order valence-corrected chi connectivity index (χ0v) is 7.54. The van der Waals surface area contributed by atoms with Crippen molar-refractivity contribution in [3.05, 3.63) is 23.5 Å². The summed E-state index contributed by atoms with van der Waals surface area (Å²) in [5, 5.41) is 13.4. The summed E-state index contributed by atoms with van der Waals surface area (Å²) in [6, 6.07) is 0.886. The van der Waals surface area contributed by atoms with Crippen LogP contribution >= 0.6 is 0 Å². The third-order valence-electron chi connectivity index (χ3n) is 1.94. The predicted molar refractivity (Wildman–Crippen MR) is 45.8 cm³/mol. The van der Waals surface area contributed by atoms with Crippen molar-refractivity contribution in [1.82, 2.24) is 15.2 Å². The molecule has 2 aromatic rings. The number of halogens is 3. The Hall–Kier alpha value is -2.12. The van der Waals surface area contributed by atoms with Gasteiger partial charge in [-0.3, -0.25) is 5.10 Å². The lowest BCUT2D eigenvalue weighted by Gasteiger charge is -2.02. The maximum absolute atomic E-state index is 12.4. The zero-order chi connectivity index (χ0) is 11.9. The van der Waals surface area contributed by atoms with Crippen LogP contribution in [-0.2, 0) is 6.18 Å². The fourth-order valence-corrected chi connectivity index (χ4v) is 1.23. The second kappa shape index (κ2) is 3.19. The summed E-state index contributed by atoms with van der Waals surface area (Å²) in [6.45, 7) is 0. The lowest BCUT2D eigenvalue weighted by Crippen LogP contribution is -2.06. The number of aromatic nitrogens is 3. The fourth-order valence-electron chi connectivity index (χ4n) is 1.23.